The second-order valence-corrected chi connectivity index (χ2v) is 5.81. The van der Waals surface area contributed by atoms with Crippen LogP contribution in [-0.4, -0.2) is 25.0 Å². The lowest BCUT2D eigenvalue weighted by atomic mass is 10.1. The molecule has 0 rings (SSSR count). The van der Waals surface area contributed by atoms with E-state index in [0.29, 0.717) is 12.5 Å². The number of carbonyl (C=O) groups excluding carboxylic acids is 1. The molecule has 0 bridgehead atoms. The van der Waals surface area contributed by atoms with Crippen molar-refractivity contribution in [3.05, 3.63) is 0 Å². The van der Waals surface area contributed by atoms with Crippen molar-refractivity contribution in [3.8, 4) is 0 Å². The van der Waals surface area contributed by atoms with Gasteiger partial charge in [0.2, 0.25) is 5.91 Å². The van der Waals surface area contributed by atoms with Crippen LogP contribution in [0.1, 0.15) is 69.1 Å². The van der Waals surface area contributed by atoms with E-state index in [4.69, 9.17) is 0 Å². The Balaban J connectivity index is -0.00000144. The highest BCUT2D eigenvalue weighted by Crippen LogP contribution is 2.02. The third-order valence-corrected chi connectivity index (χ3v) is 2.91. The zero-order valence-corrected chi connectivity index (χ0v) is 12.7. The van der Waals surface area contributed by atoms with Gasteiger partial charge in [-0.25, -0.2) is 0 Å². The molecule has 0 saturated heterocycles. The zero-order valence-electron chi connectivity index (χ0n) is 12.7. The van der Waals surface area contributed by atoms with Crippen molar-refractivity contribution in [1.29, 1.82) is 0 Å². The average molecular weight is 260 g/mol. The predicted octanol–water partition coefficient (Wildman–Crippen LogP) is 3.59. The molecule has 0 heterocycles. The molecule has 0 aliphatic heterocycles. The molecule has 0 unspecified atom stereocenters. The van der Waals surface area contributed by atoms with Gasteiger partial charge in [0, 0.05) is 21.9 Å². The normalized spacial score (nSPS) is 11.2. The molecular weight excluding hydrogens is 224 g/mol. The van der Waals surface area contributed by atoms with E-state index >= 15 is 0 Å². The summed E-state index contributed by atoms with van der Waals surface area (Å²) in [6, 6.07) is 0.564. The Morgan fingerprint density at radius 1 is 1.00 bits per heavy atom. The smallest absolute Gasteiger partial charge is 0.219 e. The first-order chi connectivity index (χ1) is 8.52. The van der Waals surface area contributed by atoms with Crippen LogP contribution >= 0.6 is 0 Å². The van der Waals surface area contributed by atoms with Gasteiger partial charge >= 0.3 is 0 Å². The fraction of sp³-hybridized carbons (Fsp3) is 0.933. The molecule has 0 aromatic rings. The molecule has 112 valence electrons. The number of amides is 1. The molecule has 3 nitrogen and oxygen atoms in total. The SMILES string of the molecule is CC(C)CCCNC(=O)CCCCCNC(C)C.[HH].[HH]. The molecule has 2 N–H and O–H groups in total. The standard InChI is InChI=1S/C15H32N2O.2H2/c1-13(2)9-8-12-17-15(18)10-6-5-7-11-16-14(3)4;;/h13-14,16H,5-12H2,1-4H3,(H,17,18);2*1H. The maximum atomic E-state index is 11.5. The van der Waals surface area contributed by atoms with Crippen molar-refractivity contribution in [1.82, 2.24) is 10.6 Å². The molecular formula is C15H36N2O. The van der Waals surface area contributed by atoms with Crippen LogP contribution in [0.25, 0.3) is 0 Å². The van der Waals surface area contributed by atoms with Crippen LogP contribution in [0.5, 0.6) is 0 Å². The number of hydrogen-bond donors (Lipinski definition) is 2. The van der Waals surface area contributed by atoms with Gasteiger partial charge in [0.1, 0.15) is 0 Å². The van der Waals surface area contributed by atoms with Gasteiger partial charge in [-0.1, -0.05) is 34.1 Å². The van der Waals surface area contributed by atoms with E-state index in [0.717, 1.165) is 38.3 Å². The number of hydrogen-bond acceptors (Lipinski definition) is 2. The van der Waals surface area contributed by atoms with Crippen molar-refractivity contribution < 1.29 is 7.65 Å². The molecule has 0 aromatic heterocycles. The van der Waals surface area contributed by atoms with Gasteiger partial charge in [-0.05, 0) is 38.1 Å². The molecule has 0 radical (unpaired) electrons. The first-order valence-electron chi connectivity index (χ1n) is 7.52. The maximum Gasteiger partial charge on any atom is 0.219 e. The van der Waals surface area contributed by atoms with Crippen molar-refractivity contribution >= 4 is 5.91 Å². The summed E-state index contributed by atoms with van der Waals surface area (Å²) in [5.41, 5.74) is 0. The highest BCUT2D eigenvalue weighted by atomic mass is 16.1. The fourth-order valence-electron chi connectivity index (χ4n) is 1.80. The lowest BCUT2D eigenvalue weighted by molar-refractivity contribution is -0.121. The summed E-state index contributed by atoms with van der Waals surface area (Å²) in [5.74, 6) is 0.950. The summed E-state index contributed by atoms with van der Waals surface area (Å²) < 4.78 is 0. The molecule has 3 heteroatoms. The Hall–Kier alpha value is -0.570. The molecule has 1 amide bonds. The summed E-state index contributed by atoms with van der Waals surface area (Å²) in [6.07, 6.45) is 6.29. The summed E-state index contributed by atoms with van der Waals surface area (Å²) >= 11 is 0. The van der Waals surface area contributed by atoms with Gasteiger partial charge in [-0.15, -0.1) is 0 Å². The average Bonchev–Trinajstić information content (AvgIpc) is 2.28. The highest BCUT2D eigenvalue weighted by Gasteiger charge is 2.01. The Bertz CT molecular complexity index is 212. The minimum Gasteiger partial charge on any atom is -0.356 e. The van der Waals surface area contributed by atoms with Gasteiger partial charge in [-0.2, -0.15) is 0 Å². The van der Waals surface area contributed by atoms with E-state index in [-0.39, 0.29) is 8.76 Å². The van der Waals surface area contributed by atoms with E-state index in [2.05, 4.69) is 38.3 Å². The molecule has 0 aliphatic rings. The number of unbranched alkanes of at least 4 members (excludes halogenated alkanes) is 2. The molecule has 18 heavy (non-hydrogen) atoms. The maximum absolute atomic E-state index is 11.5. The largest absolute Gasteiger partial charge is 0.356 e. The molecule has 0 saturated carbocycles. The highest BCUT2D eigenvalue weighted by molar-refractivity contribution is 5.75. The van der Waals surface area contributed by atoms with Gasteiger partial charge in [0.25, 0.3) is 0 Å². The minimum absolute atomic E-state index is 0. The van der Waals surface area contributed by atoms with Crippen LogP contribution in [0, 0.1) is 5.92 Å². The Kier molecular flexibility index (Phi) is 11.2. The topological polar surface area (TPSA) is 41.1 Å². The van der Waals surface area contributed by atoms with Crippen molar-refractivity contribution in [2.24, 2.45) is 5.92 Å². The van der Waals surface area contributed by atoms with Crippen LogP contribution in [0.3, 0.4) is 0 Å². The zero-order chi connectivity index (χ0) is 13.8. The van der Waals surface area contributed by atoms with E-state index in [1.54, 1.807) is 0 Å². The number of carbonyl (C=O) groups is 1. The van der Waals surface area contributed by atoms with Gasteiger partial charge in [-0.3, -0.25) is 4.79 Å². The van der Waals surface area contributed by atoms with Crippen molar-refractivity contribution in [2.45, 2.75) is 72.3 Å². The predicted molar refractivity (Wildman–Crippen MR) is 82.9 cm³/mol. The van der Waals surface area contributed by atoms with Gasteiger partial charge in [0.05, 0.1) is 0 Å². The molecule has 0 spiro atoms. The van der Waals surface area contributed by atoms with Crippen LogP contribution < -0.4 is 10.6 Å². The molecule has 0 aromatic carbocycles. The second kappa shape index (κ2) is 11.5. The first kappa shape index (κ1) is 17.4. The van der Waals surface area contributed by atoms with E-state index < -0.39 is 0 Å². The van der Waals surface area contributed by atoms with E-state index in [1.165, 1.54) is 12.8 Å². The van der Waals surface area contributed by atoms with E-state index in [9.17, 15) is 4.79 Å². The molecule has 0 aliphatic carbocycles. The quantitative estimate of drug-likeness (QED) is 0.557. The minimum atomic E-state index is 0. The Morgan fingerprint density at radius 3 is 2.33 bits per heavy atom. The molecule has 0 fully saturated rings. The monoisotopic (exact) mass is 260 g/mol. The van der Waals surface area contributed by atoms with Crippen molar-refractivity contribution in [3.63, 3.8) is 0 Å². The van der Waals surface area contributed by atoms with Crippen LogP contribution in [0.2, 0.25) is 0 Å². The van der Waals surface area contributed by atoms with Gasteiger partial charge in [0.15, 0.2) is 0 Å². The summed E-state index contributed by atoms with van der Waals surface area (Å²) in [6.45, 7) is 10.6. The lowest BCUT2D eigenvalue weighted by Crippen LogP contribution is -2.25. The van der Waals surface area contributed by atoms with Crippen LogP contribution in [0.15, 0.2) is 0 Å². The number of rotatable bonds is 11. The summed E-state index contributed by atoms with van der Waals surface area (Å²) in [7, 11) is 0. The van der Waals surface area contributed by atoms with Crippen LogP contribution in [0.4, 0.5) is 0 Å². The molecule has 0 atom stereocenters. The summed E-state index contributed by atoms with van der Waals surface area (Å²) in [4.78, 5) is 11.5. The van der Waals surface area contributed by atoms with E-state index in [1.807, 2.05) is 0 Å². The fourth-order valence-corrected chi connectivity index (χ4v) is 1.80. The third kappa shape index (κ3) is 13.5. The first-order valence-corrected chi connectivity index (χ1v) is 7.52. The Morgan fingerprint density at radius 2 is 1.72 bits per heavy atom. The lowest BCUT2D eigenvalue weighted by Gasteiger charge is -2.08. The van der Waals surface area contributed by atoms with Gasteiger partial charge < -0.3 is 10.6 Å². The second-order valence-electron chi connectivity index (χ2n) is 5.81. The van der Waals surface area contributed by atoms with Crippen molar-refractivity contribution in [2.75, 3.05) is 13.1 Å². The van der Waals surface area contributed by atoms with Crippen LogP contribution in [-0.2, 0) is 4.79 Å². The summed E-state index contributed by atoms with van der Waals surface area (Å²) in [5, 5.41) is 6.38. The third-order valence-electron chi connectivity index (χ3n) is 2.91. The Labute approximate surface area is 116 Å². The number of nitrogens with one attached hydrogen (secondary N) is 2.